The molecule has 0 aromatic heterocycles. The summed E-state index contributed by atoms with van der Waals surface area (Å²) in [6.07, 6.45) is 0. The fraction of sp³-hybridized carbons (Fsp3) is 0.400. The van der Waals surface area contributed by atoms with E-state index in [0.717, 1.165) is 15.6 Å². The molecule has 2 N–H and O–H groups in total. The lowest BCUT2D eigenvalue weighted by Gasteiger charge is -2.15. The van der Waals surface area contributed by atoms with Crippen molar-refractivity contribution in [1.82, 2.24) is 0 Å². The molecule has 0 heterocycles. The molecule has 5 heteroatoms. The molecule has 0 fully saturated rings. The fourth-order valence-corrected chi connectivity index (χ4v) is 2.15. The van der Waals surface area contributed by atoms with E-state index in [1.807, 2.05) is 13.0 Å². The van der Waals surface area contributed by atoms with E-state index in [0.29, 0.717) is 18.1 Å². The summed E-state index contributed by atoms with van der Waals surface area (Å²) in [5.41, 5.74) is 1.99. The van der Waals surface area contributed by atoms with Gasteiger partial charge in [-0.3, -0.25) is 4.84 Å². The predicted molar refractivity (Wildman–Crippen MR) is 61.0 cm³/mol. The largest absolute Gasteiger partial charge is 0.493 e. The highest BCUT2D eigenvalue weighted by Crippen LogP contribution is 2.39. The molecule has 1 rings (SSSR count). The number of ether oxygens (including phenoxy) is 2. The quantitative estimate of drug-likeness (QED) is 0.856. The van der Waals surface area contributed by atoms with E-state index in [1.165, 1.54) is 0 Å². The lowest BCUT2D eigenvalue weighted by atomic mass is 10.1. The van der Waals surface area contributed by atoms with E-state index >= 15 is 0 Å². The van der Waals surface area contributed by atoms with Gasteiger partial charge in [-0.1, -0.05) is 0 Å². The van der Waals surface area contributed by atoms with Crippen molar-refractivity contribution in [3.8, 4) is 11.5 Å². The second-order valence-corrected chi connectivity index (χ2v) is 3.83. The second kappa shape index (κ2) is 5.34. The highest BCUT2D eigenvalue weighted by Gasteiger charge is 2.15. The first kappa shape index (κ1) is 12.3. The number of halogens is 1. The molecule has 4 nitrogen and oxygen atoms in total. The zero-order valence-corrected chi connectivity index (χ0v) is 10.6. The Bertz CT molecular complexity index is 355. The molecular formula is C10H14BrNO3. The van der Waals surface area contributed by atoms with Gasteiger partial charge in [0.2, 0.25) is 0 Å². The van der Waals surface area contributed by atoms with Gasteiger partial charge < -0.3 is 9.47 Å². The summed E-state index contributed by atoms with van der Waals surface area (Å²) in [6.45, 7) is 2.29. The number of aryl methyl sites for hydroxylation is 1. The Labute approximate surface area is 97.4 Å². The molecule has 0 saturated heterocycles. The number of benzene rings is 1. The van der Waals surface area contributed by atoms with Gasteiger partial charge in [0.1, 0.15) is 0 Å². The SMILES string of the molecule is COc1cc(C)c(CON)c(Br)c1OC. The van der Waals surface area contributed by atoms with Crippen molar-refractivity contribution in [2.24, 2.45) is 5.90 Å². The van der Waals surface area contributed by atoms with Crippen LogP contribution in [0.25, 0.3) is 0 Å². The number of rotatable bonds is 4. The molecule has 0 aliphatic rings. The molecule has 0 amide bonds. The fourth-order valence-electron chi connectivity index (χ4n) is 1.37. The first-order valence-corrected chi connectivity index (χ1v) is 5.16. The van der Waals surface area contributed by atoms with Crippen LogP contribution in [0.3, 0.4) is 0 Å². The van der Waals surface area contributed by atoms with Crippen LogP contribution < -0.4 is 15.4 Å². The van der Waals surface area contributed by atoms with Crippen LogP contribution in [0.1, 0.15) is 11.1 Å². The van der Waals surface area contributed by atoms with Gasteiger partial charge in [0.15, 0.2) is 11.5 Å². The van der Waals surface area contributed by atoms with Crippen molar-refractivity contribution < 1.29 is 14.3 Å². The molecule has 0 aliphatic heterocycles. The normalized spacial score (nSPS) is 10.2. The maximum atomic E-state index is 5.24. The lowest BCUT2D eigenvalue weighted by molar-refractivity contribution is 0.123. The van der Waals surface area contributed by atoms with E-state index < -0.39 is 0 Å². The summed E-state index contributed by atoms with van der Waals surface area (Å²) < 4.78 is 11.3. The van der Waals surface area contributed by atoms with E-state index in [2.05, 4.69) is 20.8 Å². The van der Waals surface area contributed by atoms with Gasteiger partial charge in [0.25, 0.3) is 0 Å². The summed E-state index contributed by atoms with van der Waals surface area (Å²) in [4.78, 5) is 4.64. The van der Waals surface area contributed by atoms with Crippen LogP contribution in [0.15, 0.2) is 10.5 Å². The molecule has 0 unspecified atom stereocenters. The minimum atomic E-state index is 0.326. The van der Waals surface area contributed by atoms with Gasteiger partial charge in [0.05, 0.1) is 25.3 Å². The molecule has 84 valence electrons. The van der Waals surface area contributed by atoms with Crippen molar-refractivity contribution in [1.29, 1.82) is 0 Å². The first-order chi connectivity index (χ1) is 7.15. The molecule has 0 aliphatic carbocycles. The topological polar surface area (TPSA) is 53.7 Å². The van der Waals surface area contributed by atoms with E-state index in [9.17, 15) is 0 Å². The molecule has 0 bridgehead atoms. The Morgan fingerprint density at radius 3 is 2.47 bits per heavy atom. The second-order valence-electron chi connectivity index (χ2n) is 3.03. The first-order valence-electron chi connectivity index (χ1n) is 4.37. The van der Waals surface area contributed by atoms with Crippen LogP contribution in [-0.2, 0) is 11.4 Å². The smallest absolute Gasteiger partial charge is 0.175 e. The van der Waals surface area contributed by atoms with Gasteiger partial charge in [-0.05, 0) is 34.5 Å². The van der Waals surface area contributed by atoms with Crippen LogP contribution in [0.2, 0.25) is 0 Å². The van der Waals surface area contributed by atoms with Crippen LogP contribution >= 0.6 is 15.9 Å². The average molecular weight is 276 g/mol. The number of methoxy groups -OCH3 is 2. The molecule has 0 radical (unpaired) electrons. The third-order valence-electron chi connectivity index (χ3n) is 2.16. The van der Waals surface area contributed by atoms with Crippen LogP contribution in [0.4, 0.5) is 0 Å². The number of hydrogen-bond donors (Lipinski definition) is 1. The van der Waals surface area contributed by atoms with Crippen LogP contribution in [0.5, 0.6) is 11.5 Å². The highest BCUT2D eigenvalue weighted by atomic mass is 79.9. The van der Waals surface area contributed by atoms with Crippen molar-refractivity contribution in [2.75, 3.05) is 14.2 Å². The maximum absolute atomic E-state index is 5.24. The summed E-state index contributed by atoms with van der Waals surface area (Å²) in [5, 5.41) is 0. The summed E-state index contributed by atoms with van der Waals surface area (Å²) in [6, 6.07) is 1.89. The monoisotopic (exact) mass is 275 g/mol. The van der Waals surface area contributed by atoms with E-state index in [4.69, 9.17) is 15.4 Å². The van der Waals surface area contributed by atoms with Crippen molar-refractivity contribution in [3.63, 3.8) is 0 Å². The lowest BCUT2D eigenvalue weighted by Crippen LogP contribution is -2.03. The molecule has 0 saturated carbocycles. The summed E-state index contributed by atoms with van der Waals surface area (Å²) in [5.74, 6) is 6.40. The maximum Gasteiger partial charge on any atom is 0.175 e. The van der Waals surface area contributed by atoms with E-state index in [1.54, 1.807) is 14.2 Å². The third kappa shape index (κ3) is 2.42. The Morgan fingerprint density at radius 2 is 2.00 bits per heavy atom. The standard InChI is InChI=1S/C10H14BrNO3/c1-6-4-8(13-2)10(14-3)9(11)7(6)5-15-12/h4H,5,12H2,1-3H3. The molecule has 15 heavy (non-hydrogen) atoms. The highest BCUT2D eigenvalue weighted by molar-refractivity contribution is 9.10. The predicted octanol–water partition coefficient (Wildman–Crippen LogP) is 2.17. The summed E-state index contributed by atoms with van der Waals surface area (Å²) in [7, 11) is 3.19. The van der Waals surface area contributed by atoms with Gasteiger partial charge in [-0.15, -0.1) is 0 Å². The van der Waals surface area contributed by atoms with Gasteiger partial charge >= 0.3 is 0 Å². The Kier molecular flexibility index (Phi) is 4.38. The van der Waals surface area contributed by atoms with Crippen molar-refractivity contribution in [2.45, 2.75) is 13.5 Å². The van der Waals surface area contributed by atoms with Crippen molar-refractivity contribution in [3.05, 3.63) is 21.7 Å². The van der Waals surface area contributed by atoms with Gasteiger partial charge in [-0.25, -0.2) is 5.90 Å². The summed E-state index contributed by atoms with van der Waals surface area (Å²) >= 11 is 3.44. The minimum Gasteiger partial charge on any atom is -0.493 e. The molecule has 1 aromatic rings. The van der Waals surface area contributed by atoms with E-state index in [-0.39, 0.29) is 0 Å². The molecular weight excluding hydrogens is 262 g/mol. The molecule has 1 aromatic carbocycles. The third-order valence-corrected chi connectivity index (χ3v) is 3.00. The average Bonchev–Trinajstić information content (AvgIpc) is 2.23. The zero-order chi connectivity index (χ0) is 11.4. The molecule has 0 spiro atoms. The Balaban J connectivity index is 3.31. The molecule has 0 atom stereocenters. The van der Waals surface area contributed by atoms with Gasteiger partial charge in [0, 0.05) is 5.56 Å². The van der Waals surface area contributed by atoms with Crippen LogP contribution in [0, 0.1) is 6.92 Å². The number of nitrogens with two attached hydrogens (primary N) is 1. The Hall–Kier alpha value is -0.780. The Morgan fingerprint density at radius 1 is 1.33 bits per heavy atom. The number of hydrogen-bond acceptors (Lipinski definition) is 4. The minimum absolute atomic E-state index is 0.326. The zero-order valence-electron chi connectivity index (χ0n) is 8.96. The van der Waals surface area contributed by atoms with Crippen LogP contribution in [-0.4, -0.2) is 14.2 Å². The van der Waals surface area contributed by atoms with Crippen molar-refractivity contribution >= 4 is 15.9 Å². The van der Waals surface area contributed by atoms with Gasteiger partial charge in [-0.2, -0.15) is 0 Å².